The Morgan fingerprint density at radius 1 is 1.57 bits per heavy atom. The summed E-state index contributed by atoms with van der Waals surface area (Å²) in [5, 5.41) is 0. The van der Waals surface area contributed by atoms with E-state index in [-0.39, 0.29) is 0 Å². The zero-order chi connectivity index (χ0) is 4.43. The number of aromatic nitrogens is 1. The zero-order valence-corrected chi connectivity index (χ0v) is 3.34. The van der Waals surface area contributed by atoms with Crippen molar-refractivity contribution in [1.82, 2.24) is 4.57 Å². The fourth-order valence-corrected chi connectivity index (χ4v) is 0.724. The molecular formula is C4HNO2. The van der Waals surface area contributed by atoms with E-state index < -0.39 is 0 Å². The molecule has 3 heterocycles. The second-order valence-corrected chi connectivity index (χ2v) is 1.65. The first-order valence-electron chi connectivity index (χ1n) is 2.07. The summed E-state index contributed by atoms with van der Waals surface area (Å²) in [6.45, 7) is 0. The Balaban J connectivity index is 3.03. The van der Waals surface area contributed by atoms with E-state index in [1.54, 1.807) is 4.57 Å². The predicted molar refractivity (Wildman–Crippen MR) is 21.8 cm³/mol. The SMILES string of the molecule is c1c2oc2c2on12. The molecule has 0 N–H and O–H groups in total. The van der Waals surface area contributed by atoms with Gasteiger partial charge in [-0.15, -0.1) is 4.57 Å². The van der Waals surface area contributed by atoms with Crippen LogP contribution in [0.3, 0.4) is 0 Å². The molecule has 3 nitrogen and oxygen atoms in total. The van der Waals surface area contributed by atoms with Crippen LogP contribution >= 0.6 is 0 Å². The smallest absolute Gasteiger partial charge is 0.307 e. The number of fused-ring (bicyclic) bond motifs is 3. The lowest BCUT2D eigenvalue weighted by atomic mass is 10.7. The third-order valence-corrected chi connectivity index (χ3v) is 1.18. The number of hydrogen-bond acceptors (Lipinski definition) is 2. The Morgan fingerprint density at radius 3 is 3.00 bits per heavy atom. The summed E-state index contributed by atoms with van der Waals surface area (Å²) in [7, 11) is 0. The maximum Gasteiger partial charge on any atom is 0.307 e. The molecule has 0 fully saturated rings. The van der Waals surface area contributed by atoms with E-state index in [1.165, 1.54) is 0 Å². The fraction of sp³-hybridized carbons (Fsp3) is 0. The van der Waals surface area contributed by atoms with Gasteiger partial charge in [-0.25, -0.2) is 0 Å². The van der Waals surface area contributed by atoms with E-state index in [1.807, 2.05) is 6.20 Å². The molecule has 34 valence electrons. The minimum absolute atomic E-state index is 0.884. The van der Waals surface area contributed by atoms with Crippen LogP contribution in [0.4, 0.5) is 0 Å². The number of nitrogens with zero attached hydrogens (tertiary/aromatic N) is 1. The zero-order valence-electron chi connectivity index (χ0n) is 3.34. The predicted octanol–water partition coefficient (Wildman–Crippen LogP) is 1.15. The topological polar surface area (TPSA) is 30.7 Å². The van der Waals surface area contributed by atoms with Gasteiger partial charge in [0.1, 0.15) is 0 Å². The van der Waals surface area contributed by atoms with Crippen LogP contribution in [0.25, 0.3) is 16.9 Å². The molecule has 3 aromatic rings. The quantitative estimate of drug-likeness (QED) is 0.419. The van der Waals surface area contributed by atoms with Crippen LogP contribution < -0.4 is 0 Å². The minimum atomic E-state index is 0.884. The molecule has 3 heteroatoms. The summed E-state index contributed by atoms with van der Waals surface area (Å²) in [5.74, 6) is 0. The second kappa shape index (κ2) is 0.381. The maximum atomic E-state index is 4.88. The van der Waals surface area contributed by atoms with E-state index in [9.17, 15) is 0 Å². The van der Waals surface area contributed by atoms with Gasteiger partial charge in [-0.05, 0) is 0 Å². The van der Waals surface area contributed by atoms with Gasteiger partial charge in [0.15, 0.2) is 5.58 Å². The molecule has 0 aliphatic rings. The summed E-state index contributed by atoms with van der Waals surface area (Å²) in [6, 6.07) is 0. The van der Waals surface area contributed by atoms with Crippen LogP contribution in [0.15, 0.2) is 15.1 Å². The molecule has 3 aromatic heterocycles. The molecular weight excluding hydrogens is 94.0 g/mol. The Hall–Kier alpha value is -1.12. The molecule has 0 saturated heterocycles. The average Bonchev–Trinajstić information content (AvgIpc) is 2.47. The molecule has 0 amide bonds. The van der Waals surface area contributed by atoms with Crippen LogP contribution in [-0.2, 0) is 0 Å². The minimum Gasteiger partial charge on any atom is -0.442 e. The van der Waals surface area contributed by atoms with Crippen molar-refractivity contribution in [2.75, 3.05) is 0 Å². The van der Waals surface area contributed by atoms with E-state index in [0.29, 0.717) is 0 Å². The van der Waals surface area contributed by atoms with Crippen molar-refractivity contribution in [1.29, 1.82) is 0 Å². The van der Waals surface area contributed by atoms with E-state index in [2.05, 4.69) is 0 Å². The van der Waals surface area contributed by atoms with Gasteiger partial charge in [0.2, 0.25) is 5.58 Å². The van der Waals surface area contributed by atoms with Gasteiger partial charge in [-0.1, -0.05) is 0 Å². The highest BCUT2D eigenvalue weighted by molar-refractivity contribution is 5.93. The van der Waals surface area contributed by atoms with E-state index >= 15 is 0 Å². The molecule has 3 rings (SSSR count). The highest BCUT2D eigenvalue weighted by atomic mass is 16.6. The molecule has 0 saturated carbocycles. The third kappa shape index (κ3) is 0.114. The van der Waals surface area contributed by atoms with Gasteiger partial charge in [0, 0.05) is 0 Å². The lowest BCUT2D eigenvalue weighted by Gasteiger charge is -1.48. The fourth-order valence-electron chi connectivity index (χ4n) is 0.724. The summed E-state index contributed by atoms with van der Waals surface area (Å²) >= 11 is 0. The van der Waals surface area contributed by atoms with Crippen LogP contribution in [0.2, 0.25) is 0 Å². The molecule has 0 radical (unpaired) electrons. The molecule has 7 heavy (non-hydrogen) atoms. The van der Waals surface area contributed by atoms with Gasteiger partial charge in [-0.3, -0.25) is 0 Å². The summed E-state index contributed by atoms with van der Waals surface area (Å²) < 4.78 is 11.4. The average molecular weight is 95.1 g/mol. The first kappa shape index (κ1) is 2.26. The van der Waals surface area contributed by atoms with Crippen molar-refractivity contribution in [3.8, 4) is 0 Å². The highest BCUT2D eigenvalue weighted by Gasteiger charge is 2.23. The van der Waals surface area contributed by atoms with Crippen LogP contribution in [0, 0.1) is 0 Å². The number of hydrogen-bond donors (Lipinski definition) is 0. The summed E-state index contributed by atoms with van der Waals surface area (Å²) in [5.41, 5.74) is 2.79. The molecule has 0 bridgehead atoms. The van der Waals surface area contributed by atoms with E-state index in [4.69, 9.17) is 8.94 Å². The molecule has 0 unspecified atom stereocenters. The molecule has 0 atom stereocenters. The Morgan fingerprint density at radius 2 is 2.57 bits per heavy atom. The first-order chi connectivity index (χ1) is 3.45. The van der Waals surface area contributed by atoms with Crippen LogP contribution in [-0.4, -0.2) is 4.57 Å². The second-order valence-electron chi connectivity index (χ2n) is 1.65. The van der Waals surface area contributed by atoms with Gasteiger partial charge >= 0.3 is 5.71 Å². The Kier molecular flexibility index (Phi) is 0.123. The van der Waals surface area contributed by atoms with Crippen molar-refractivity contribution in [2.45, 2.75) is 0 Å². The van der Waals surface area contributed by atoms with Crippen LogP contribution in [0.5, 0.6) is 0 Å². The Labute approximate surface area is 37.7 Å². The standard InChI is InChI=1S/C4HNO2/c1-2-3(6-2)4-5(1)7-4/h1H. The van der Waals surface area contributed by atoms with Gasteiger partial charge in [-0.2, -0.15) is 0 Å². The normalized spacial score (nSPS) is 13.7. The molecule has 0 aromatic carbocycles. The first-order valence-corrected chi connectivity index (χ1v) is 2.07. The van der Waals surface area contributed by atoms with E-state index in [0.717, 1.165) is 16.9 Å². The molecule has 0 spiro atoms. The molecule has 0 aliphatic heterocycles. The van der Waals surface area contributed by atoms with Crippen molar-refractivity contribution >= 4 is 16.9 Å². The lowest BCUT2D eigenvalue weighted by molar-refractivity contribution is 0.561. The van der Waals surface area contributed by atoms with Gasteiger partial charge < -0.3 is 8.94 Å². The third-order valence-electron chi connectivity index (χ3n) is 1.18. The molecule has 0 aliphatic carbocycles. The van der Waals surface area contributed by atoms with Gasteiger partial charge in [0.05, 0.1) is 6.20 Å². The summed E-state index contributed by atoms with van der Waals surface area (Å²) in [4.78, 5) is 0. The van der Waals surface area contributed by atoms with Crippen molar-refractivity contribution in [2.24, 2.45) is 0 Å². The Bertz CT molecular complexity index is 328. The van der Waals surface area contributed by atoms with Crippen LogP contribution in [0.1, 0.15) is 0 Å². The highest BCUT2D eigenvalue weighted by Crippen LogP contribution is 2.34. The van der Waals surface area contributed by atoms with Crippen molar-refractivity contribution < 1.29 is 8.94 Å². The van der Waals surface area contributed by atoms with Crippen molar-refractivity contribution in [3.63, 3.8) is 0 Å². The largest absolute Gasteiger partial charge is 0.442 e. The monoisotopic (exact) mass is 95.0 g/mol. The lowest BCUT2D eigenvalue weighted by Crippen LogP contribution is -1.46. The van der Waals surface area contributed by atoms with Crippen molar-refractivity contribution in [3.05, 3.63) is 6.20 Å². The summed E-state index contributed by atoms with van der Waals surface area (Å²) in [6.07, 6.45) is 1.82. The number of rotatable bonds is 0. The maximum absolute atomic E-state index is 4.88. The van der Waals surface area contributed by atoms with Gasteiger partial charge in [0.25, 0.3) is 0 Å².